The van der Waals surface area contributed by atoms with Gasteiger partial charge in [-0.25, -0.2) is 13.2 Å². The molecule has 4 aromatic carbocycles. The standard InChI is InChI=1S/C47H68N3O9PSSi/c1-36(2)31-50(61(53,54)42-28-26-41(55-9)27-29-42)32-44(59-62(10,11)47(6,7)8)43(49-45(51)58-46(3,4)5)30-48-40-24-22-39(23-25-40)35-60(52,56-33-37-18-14-12-15-19-37)57-34-38-20-16-13-17-21-38/h12-29,36,43-44,48H,30-35H2,1-11H3,(H,49,51)/t43-,44+/m0/s1. The first kappa shape index (κ1) is 50.6. The van der Waals surface area contributed by atoms with E-state index in [0.717, 1.165) is 16.7 Å². The van der Waals surface area contributed by atoms with Crippen molar-refractivity contribution in [3.63, 3.8) is 0 Å². The van der Waals surface area contributed by atoms with Crippen LogP contribution in [-0.2, 0) is 52.2 Å². The van der Waals surface area contributed by atoms with Gasteiger partial charge in [-0.1, -0.05) is 107 Å². The van der Waals surface area contributed by atoms with Gasteiger partial charge in [0.25, 0.3) is 0 Å². The Morgan fingerprint density at radius 3 is 1.76 bits per heavy atom. The third-order valence-corrected chi connectivity index (χ3v) is 18.6. The summed E-state index contributed by atoms with van der Waals surface area (Å²) in [6, 6.07) is 32.1. The van der Waals surface area contributed by atoms with Gasteiger partial charge in [0.1, 0.15) is 11.4 Å². The molecular weight excluding hydrogens is 842 g/mol. The summed E-state index contributed by atoms with van der Waals surface area (Å²) >= 11 is 0. The zero-order valence-electron chi connectivity index (χ0n) is 38.3. The molecule has 340 valence electrons. The van der Waals surface area contributed by atoms with Crippen molar-refractivity contribution in [1.82, 2.24) is 9.62 Å². The van der Waals surface area contributed by atoms with Gasteiger partial charge in [-0.05, 0) is 97.9 Å². The Morgan fingerprint density at radius 2 is 1.29 bits per heavy atom. The molecule has 0 saturated heterocycles. The molecule has 62 heavy (non-hydrogen) atoms. The molecule has 1 amide bonds. The van der Waals surface area contributed by atoms with Crippen LogP contribution >= 0.6 is 7.60 Å². The van der Waals surface area contributed by atoms with Gasteiger partial charge < -0.3 is 33.6 Å². The van der Waals surface area contributed by atoms with Crippen LogP contribution in [0.2, 0.25) is 18.1 Å². The van der Waals surface area contributed by atoms with Crippen molar-refractivity contribution in [3.8, 4) is 5.75 Å². The molecule has 0 aromatic heterocycles. The zero-order valence-corrected chi connectivity index (χ0v) is 41.1. The first-order valence-corrected chi connectivity index (χ1v) is 27.2. The number of nitrogens with zero attached hydrogens (tertiary/aromatic N) is 1. The van der Waals surface area contributed by atoms with Gasteiger partial charge in [0.15, 0.2) is 8.32 Å². The summed E-state index contributed by atoms with van der Waals surface area (Å²) < 4.78 is 74.7. The zero-order chi connectivity index (χ0) is 45.8. The summed E-state index contributed by atoms with van der Waals surface area (Å²) in [5, 5.41) is 6.26. The topological polar surface area (TPSA) is 142 Å². The number of hydrogen-bond acceptors (Lipinski definition) is 10. The fourth-order valence-electron chi connectivity index (χ4n) is 6.11. The van der Waals surface area contributed by atoms with Crippen LogP contribution in [0.25, 0.3) is 0 Å². The molecule has 2 N–H and O–H groups in total. The maximum atomic E-state index is 14.4. The summed E-state index contributed by atoms with van der Waals surface area (Å²) in [7, 11) is -8.70. The predicted molar refractivity (Wildman–Crippen MR) is 251 cm³/mol. The van der Waals surface area contributed by atoms with Gasteiger partial charge >= 0.3 is 13.7 Å². The minimum atomic E-state index is -4.02. The number of alkyl carbamates (subject to hydrolysis) is 1. The Balaban J connectivity index is 1.64. The number of ether oxygens (including phenoxy) is 2. The Kier molecular flexibility index (Phi) is 18.0. The molecule has 0 heterocycles. The van der Waals surface area contributed by atoms with Crippen LogP contribution in [0.5, 0.6) is 5.75 Å². The average Bonchev–Trinajstić information content (AvgIpc) is 3.20. The van der Waals surface area contributed by atoms with E-state index < -0.39 is 49.8 Å². The summed E-state index contributed by atoms with van der Waals surface area (Å²) in [5.74, 6) is 0.522. The molecule has 0 aliphatic carbocycles. The number of nitrogens with one attached hydrogen (secondary N) is 2. The highest BCUT2D eigenvalue weighted by Gasteiger charge is 2.43. The van der Waals surface area contributed by atoms with Crippen molar-refractivity contribution in [2.24, 2.45) is 5.92 Å². The molecule has 0 unspecified atom stereocenters. The van der Waals surface area contributed by atoms with Crippen LogP contribution in [0.1, 0.15) is 72.1 Å². The van der Waals surface area contributed by atoms with Crippen LogP contribution in [0.3, 0.4) is 0 Å². The average molecular weight is 910 g/mol. The largest absolute Gasteiger partial charge is 0.497 e. The first-order valence-electron chi connectivity index (χ1n) is 21.1. The lowest BCUT2D eigenvalue weighted by atomic mass is 10.1. The molecule has 4 aromatic rings. The predicted octanol–water partition coefficient (Wildman–Crippen LogP) is 10.9. The fourth-order valence-corrected chi connectivity index (χ4v) is 10.7. The molecule has 0 aliphatic heterocycles. The molecule has 0 aliphatic rings. The van der Waals surface area contributed by atoms with E-state index in [1.165, 1.54) is 23.5 Å². The second-order valence-electron chi connectivity index (χ2n) is 18.4. The Bertz CT molecular complexity index is 2100. The van der Waals surface area contributed by atoms with Crippen molar-refractivity contribution in [3.05, 3.63) is 126 Å². The quantitative estimate of drug-likeness (QED) is 0.0578. The fraction of sp³-hybridized carbons (Fsp3) is 0.468. The lowest BCUT2D eigenvalue weighted by Crippen LogP contribution is -2.58. The number of amides is 1. The SMILES string of the molecule is COc1ccc(S(=O)(=O)N(CC(C)C)C[C@@H](O[Si](C)(C)C(C)(C)C)[C@H](CNc2ccc(CP(=O)(OCc3ccccc3)OCc3ccccc3)cc2)NC(=O)OC(C)(C)C)cc1. The molecule has 0 bridgehead atoms. The van der Waals surface area contributed by atoms with E-state index >= 15 is 0 Å². The number of carbonyl (C=O) groups is 1. The van der Waals surface area contributed by atoms with Crippen molar-refractivity contribution in [2.75, 3.05) is 32.1 Å². The van der Waals surface area contributed by atoms with Crippen molar-refractivity contribution >= 4 is 37.7 Å². The number of methoxy groups -OCH3 is 1. The molecule has 0 saturated carbocycles. The first-order chi connectivity index (χ1) is 29.0. The third kappa shape index (κ3) is 16.0. The summed E-state index contributed by atoms with van der Waals surface area (Å²) in [5.41, 5.74) is 2.43. The van der Waals surface area contributed by atoms with Gasteiger partial charge in [0, 0.05) is 25.3 Å². The van der Waals surface area contributed by atoms with Gasteiger partial charge in [-0.15, -0.1) is 0 Å². The smallest absolute Gasteiger partial charge is 0.408 e. The monoisotopic (exact) mass is 909 g/mol. The van der Waals surface area contributed by atoms with E-state index in [0.29, 0.717) is 11.4 Å². The maximum absolute atomic E-state index is 14.4. The van der Waals surface area contributed by atoms with E-state index in [2.05, 4.69) is 44.5 Å². The number of sulfonamides is 1. The lowest BCUT2D eigenvalue weighted by Gasteiger charge is -2.43. The molecule has 0 fully saturated rings. The van der Waals surface area contributed by atoms with Crippen LogP contribution in [0.4, 0.5) is 10.5 Å². The molecule has 0 radical (unpaired) electrons. The highest BCUT2D eigenvalue weighted by molar-refractivity contribution is 7.89. The van der Waals surface area contributed by atoms with E-state index in [9.17, 15) is 17.8 Å². The Hall–Kier alpha value is -4.01. The van der Waals surface area contributed by atoms with Crippen LogP contribution in [0.15, 0.2) is 114 Å². The Labute approximate surface area is 371 Å². The molecule has 12 nitrogen and oxygen atoms in total. The highest BCUT2D eigenvalue weighted by Crippen LogP contribution is 2.53. The van der Waals surface area contributed by atoms with Gasteiger partial charge in [0.05, 0.1) is 43.5 Å². The number of anilines is 1. The van der Waals surface area contributed by atoms with Crippen molar-refractivity contribution < 1.29 is 40.7 Å². The minimum Gasteiger partial charge on any atom is -0.497 e. The number of hydrogen-bond donors (Lipinski definition) is 2. The Morgan fingerprint density at radius 1 is 0.758 bits per heavy atom. The molecule has 4 rings (SSSR count). The van der Waals surface area contributed by atoms with E-state index in [4.69, 9.17) is 22.9 Å². The lowest BCUT2D eigenvalue weighted by molar-refractivity contribution is 0.0425. The second-order valence-corrected chi connectivity index (χ2v) is 27.2. The van der Waals surface area contributed by atoms with E-state index in [1.807, 2.05) is 98.8 Å². The maximum Gasteiger partial charge on any atom is 0.408 e. The van der Waals surface area contributed by atoms with Gasteiger partial charge in [0.2, 0.25) is 10.0 Å². The van der Waals surface area contributed by atoms with Gasteiger partial charge in [-0.3, -0.25) is 4.57 Å². The van der Waals surface area contributed by atoms with Gasteiger partial charge in [-0.2, -0.15) is 4.31 Å². The summed E-state index contributed by atoms with van der Waals surface area (Å²) in [6.07, 6.45) is -1.40. The molecule has 0 spiro atoms. The molecule has 15 heteroatoms. The van der Waals surface area contributed by atoms with E-state index in [1.54, 1.807) is 32.9 Å². The third-order valence-electron chi connectivity index (χ3n) is 10.5. The van der Waals surface area contributed by atoms with Crippen LogP contribution < -0.4 is 15.4 Å². The number of carbonyl (C=O) groups excluding carboxylic acids is 1. The van der Waals surface area contributed by atoms with Crippen molar-refractivity contribution in [2.45, 2.75) is 116 Å². The number of rotatable bonds is 22. The highest BCUT2D eigenvalue weighted by atomic mass is 32.2. The van der Waals surface area contributed by atoms with Crippen molar-refractivity contribution in [1.29, 1.82) is 0 Å². The number of benzene rings is 4. The second kappa shape index (κ2) is 22.1. The normalized spacial score (nSPS) is 13.8. The summed E-state index contributed by atoms with van der Waals surface area (Å²) in [6.45, 7) is 20.4. The minimum absolute atomic E-state index is 0.0202. The van der Waals surface area contributed by atoms with Crippen LogP contribution in [-0.4, -0.2) is 71.6 Å². The molecule has 2 atom stereocenters. The van der Waals surface area contributed by atoms with Crippen LogP contribution in [0, 0.1) is 5.92 Å². The molecular formula is C47H68N3O9PSSi. The summed E-state index contributed by atoms with van der Waals surface area (Å²) in [4.78, 5) is 13.7. The van der Waals surface area contributed by atoms with E-state index in [-0.39, 0.29) is 54.9 Å².